The lowest BCUT2D eigenvalue weighted by Gasteiger charge is -2.36. The number of aliphatic hydroxyl groups excluding tert-OH is 1. The molecule has 16 heavy (non-hydrogen) atoms. The van der Waals surface area contributed by atoms with E-state index in [9.17, 15) is 8.42 Å². The first-order valence-electron chi connectivity index (χ1n) is 5.14. The van der Waals surface area contributed by atoms with E-state index in [-0.39, 0.29) is 24.8 Å². The van der Waals surface area contributed by atoms with Gasteiger partial charge in [0.15, 0.2) is 6.29 Å². The molecule has 1 aliphatic rings. The van der Waals surface area contributed by atoms with Gasteiger partial charge in [0.2, 0.25) is 0 Å². The molecule has 0 aromatic carbocycles. The monoisotopic (exact) mass is 254 g/mol. The molecule has 1 rings (SSSR count). The first-order chi connectivity index (χ1) is 7.38. The van der Waals surface area contributed by atoms with E-state index in [1.165, 1.54) is 0 Å². The summed E-state index contributed by atoms with van der Waals surface area (Å²) in [6.07, 6.45) is -1.24. The number of piperazine rings is 1. The molecule has 0 radical (unpaired) electrons. The SMILES string of the molecule is O=S(=O)(O)CCN1CCNCC1CC(O)O. The molecule has 0 spiro atoms. The molecule has 0 aliphatic carbocycles. The number of hydrogen-bond donors (Lipinski definition) is 4. The van der Waals surface area contributed by atoms with E-state index in [2.05, 4.69) is 5.32 Å². The van der Waals surface area contributed by atoms with Gasteiger partial charge in [-0.1, -0.05) is 0 Å². The van der Waals surface area contributed by atoms with Crippen molar-refractivity contribution >= 4 is 10.1 Å². The first-order valence-corrected chi connectivity index (χ1v) is 6.75. The highest BCUT2D eigenvalue weighted by molar-refractivity contribution is 7.85. The van der Waals surface area contributed by atoms with Gasteiger partial charge in [0.1, 0.15) is 0 Å². The summed E-state index contributed by atoms with van der Waals surface area (Å²) < 4.78 is 29.9. The molecular formula is C8H18N2O5S. The minimum absolute atomic E-state index is 0.115. The van der Waals surface area contributed by atoms with Crippen molar-refractivity contribution in [2.24, 2.45) is 0 Å². The Kier molecular flexibility index (Phi) is 5.09. The Morgan fingerprint density at radius 1 is 1.44 bits per heavy atom. The average Bonchev–Trinajstić information content (AvgIpc) is 2.14. The summed E-state index contributed by atoms with van der Waals surface area (Å²) in [6, 6.07) is -0.115. The van der Waals surface area contributed by atoms with Crippen molar-refractivity contribution in [1.82, 2.24) is 10.2 Å². The van der Waals surface area contributed by atoms with Gasteiger partial charge in [-0.05, 0) is 0 Å². The predicted octanol–water partition coefficient (Wildman–Crippen LogP) is -2.15. The maximum Gasteiger partial charge on any atom is 0.266 e. The fourth-order valence-corrected chi connectivity index (χ4v) is 2.27. The minimum atomic E-state index is -3.96. The van der Waals surface area contributed by atoms with Crippen LogP contribution in [-0.2, 0) is 10.1 Å². The lowest BCUT2D eigenvalue weighted by atomic mass is 10.1. The highest BCUT2D eigenvalue weighted by Crippen LogP contribution is 2.09. The molecule has 8 heteroatoms. The zero-order valence-electron chi connectivity index (χ0n) is 8.91. The molecule has 1 unspecified atom stereocenters. The Labute approximate surface area is 94.8 Å². The summed E-state index contributed by atoms with van der Waals surface area (Å²) in [5.41, 5.74) is 0. The van der Waals surface area contributed by atoms with Gasteiger partial charge in [-0.15, -0.1) is 0 Å². The van der Waals surface area contributed by atoms with Crippen LogP contribution in [0, 0.1) is 0 Å². The van der Waals surface area contributed by atoms with Crippen molar-refractivity contribution in [3.05, 3.63) is 0 Å². The summed E-state index contributed by atoms with van der Waals surface area (Å²) in [4.78, 5) is 1.84. The van der Waals surface area contributed by atoms with E-state index in [0.29, 0.717) is 13.1 Å². The van der Waals surface area contributed by atoms with Crippen molar-refractivity contribution in [3.8, 4) is 0 Å². The molecule has 0 amide bonds. The van der Waals surface area contributed by atoms with E-state index >= 15 is 0 Å². The maximum atomic E-state index is 10.6. The normalized spacial score (nSPS) is 23.9. The van der Waals surface area contributed by atoms with Gasteiger partial charge in [0.25, 0.3) is 10.1 Å². The van der Waals surface area contributed by atoms with Crippen molar-refractivity contribution in [2.75, 3.05) is 31.9 Å². The Morgan fingerprint density at radius 3 is 2.69 bits per heavy atom. The number of nitrogens with one attached hydrogen (secondary N) is 1. The van der Waals surface area contributed by atoms with Crippen molar-refractivity contribution in [3.63, 3.8) is 0 Å². The molecule has 0 bridgehead atoms. The number of aliphatic hydroxyl groups is 2. The quantitative estimate of drug-likeness (QED) is 0.327. The first kappa shape index (κ1) is 13.8. The molecule has 96 valence electrons. The van der Waals surface area contributed by atoms with Gasteiger partial charge in [-0.3, -0.25) is 9.45 Å². The Bertz CT molecular complexity index is 306. The fourth-order valence-electron chi connectivity index (χ4n) is 1.81. The third kappa shape index (κ3) is 5.19. The topological polar surface area (TPSA) is 110 Å². The zero-order valence-corrected chi connectivity index (χ0v) is 9.73. The average molecular weight is 254 g/mol. The molecule has 1 heterocycles. The molecular weight excluding hydrogens is 236 g/mol. The highest BCUT2D eigenvalue weighted by atomic mass is 32.2. The number of nitrogens with zero attached hydrogens (tertiary/aromatic N) is 1. The largest absolute Gasteiger partial charge is 0.368 e. The van der Waals surface area contributed by atoms with Crippen LogP contribution in [0.2, 0.25) is 0 Å². The summed E-state index contributed by atoms with van der Waals surface area (Å²) >= 11 is 0. The van der Waals surface area contributed by atoms with Crippen LogP contribution in [0.25, 0.3) is 0 Å². The second-order valence-electron chi connectivity index (χ2n) is 3.90. The van der Waals surface area contributed by atoms with Crippen LogP contribution in [0.4, 0.5) is 0 Å². The molecule has 0 aromatic heterocycles. The van der Waals surface area contributed by atoms with Gasteiger partial charge < -0.3 is 15.5 Å². The Balaban J connectivity index is 2.47. The summed E-state index contributed by atoms with van der Waals surface area (Å²) in [7, 11) is -3.96. The van der Waals surface area contributed by atoms with E-state index in [1.807, 2.05) is 4.90 Å². The summed E-state index contributed by atoms with van der Waals surface area (Å²) in [6.45, 7) is 2.15. The van der Waals surface area contributed by atoms with Gasteiger partial charge in [0, 0.05) is 38.6 Å². The Hall–Kier alpha value is -0.250. The van der Waals surface area contributed by atoms with E-state index in [0.717, 1.165) is 6.54 Å². The molecule has 0 aromatic rings. The van der Waals surface area contributed by atoms with Crippen LogP contribution in [0.5, 0.6) is 0 Å². The van der Waals surface area contributed by atoms with Crippen molar-refractivity contribution in [2.45, 2.75) is 18.8 Å². The molecule has 1 fully saturated rings. The fraction of sp³-hybridized carbons (Fsp3) is 1.00. The van der Waals surface area contributed by atoms with Gasteiger partial charge in [-0.25, -0.2) is 0 Å². The molecule has 4 N–H and O–H groups in total. The van der Waals surface area contributed by atoms with E-state index in [4.69, 9.17) is 14.8 Å². The van der Waals surface area contributed by atoms with Gasteiger partial charge >= 0.3 is 0 Å². The van der Waals surface area contributed by atoms with E-state index in [1.54, 1.807) is 0 Å². The molecule has 7 nitrogen and oxygen atoms in total. The van der Waals surface area contributed by atoms with E-state index < -0.39 is 16.4 Å². The maximum absolute atomic E-state index is 10.6. The highest BCUT2D eigenvalue weighted by Gasteiger charge is 2.24. The van der Waals surface area contributed by atoms with Crippen molar-refractivity contribution in [1.29, 1.82) is 0 Å². The molecule has 1 atom stereocenters. The smallest absolute Gasteiger partial charge is 0.266 e. The second-order valence-corrected chi connectivity index (χ2v) is 5.47. The van der Waals surface area contributed by atoms with Crippen LogP contribution >= 0.6 is 0 Å². The lowest BCUT2D eigenvalue weighted by Crippen LogP contribution is -2.53. The zero-order chi connectivity index (χ0) is 12.2. The summed E-state index contributed by atoms with van der Waals surface area (Å²) in [5.74, 6) is -0.328. The second kappa shape index (κ2) is 5.89. The van der Waals surface area contributed by atoms with Gasteiger partial charge in [-0.2, -0.15) is 8.42 Å². The minimum Gasteiger partial charge on any atom is -0.368 e. The van der Waals surface area contributed by atoms with Crippen LogP contribution in [0.15, 0.2) is 0 Å². The van der Waals surface area contributed by atoms with Crippen LogP contribution < -0.4 is 5.32 Å². The Morgan fingerprint density at radius 2 is 2.12 bits per heavy atom. The summed E-state index contributed by atoms with van der Waals surface area (Å²) in [5, 5.41) is 20.9. The molecule has 0 saturated carbocycles. The molecule has 1 aliphatic heterocycles. The third-order valence-corrected chi connectivity index (χ3v) is 3.29. The van der Waals surface area contributed by atoms with Crippen molar-refractivity contribution < 1.29 is 23.2 Å². The lowest BCUT2D eigenvalue weighted by molar-refractivity contribution is -0.0637. The third-order valence-electron chi connectivity index (χ3n) is 2.59. The van der Waals surface area contributed by atoms with Gasteiger partial charge in [0.05, 0.1) is 5.75 Å². The standard InChI is InChI=1S/C8H18N2O5S/c11-8(12)5-7-6-9-1-2-10(7)3-4-16(13,14)15/h7-9,11-12H,1-6H2,(H,13,14,15). The van der Waals surface area contributed by atoms with Crippen LogP contribution in [-0.4, -0.2) is 72.3 Å². The van der Waals surface area contributed by atoms with Crippen LogP contribution in [0.3, 0.4) is 0 Å². The predicted molar refractivity (Wildman–Crippen MR) is 57.5 cm³/mol. The number of hydrogen-bond acceptors (Lipinski definition) is 6. The van der Waals surface area contributed by atoms with Crippen LogP contribution in [0.1, 0.15) is 6.42 Å². The molecule has 1 saturated heterocycles. The number of rotatable bonds is 5.